The molecule has 1 fully saturated rings. The van der Waals surface area contributed by atoms with E-state index in [4.69, 9.17) is 5.73 Å². The Morgan fingerprint density at radius 3 is 2.30 bits per heavy atom. The van der Waals surface area contributed by atoms with Gasteiger partial charge in [0.05, 0.1) is 0 Å². The van der Waals surface area contributed by atoms with E-state index < -0.39 is 0 Å². The number of hydrogen-bond donors (Lipinski definition) is 1. The van der Waals surface area contributed by atoms with Gasteiger partial charge < -0.3 is 10.6 Å². The Labute approximate surface area is 139 Å². The van der Waals surface area contributed by atoms with Crippen molar-refractivity contribution in [2.75, 3.05) is 36.8 Å². The number of nitrogens with zero attached hydrogens (tertiary/aromatic N) is 2. The van der Waals surface area contributed by atoms with Gasteiger partial charge in [-0.3, -0.25) is 4.90 Å². The van der Waals surface area contributed by atoms with E-state index in [0.29, 0.717) is 5.92 Å². The van der Waals surface area contributed by atoms with E-state index in [-0.39, 0.29) is 0 Å². The van der Waals surface area contributed by atoms with Gasteiger partial charge in [0.2, 0.25) is 0 Å². The zero-order chi connectivity index (χ0) is 16.2. The van der Waals surface area contributed by atoms with Crippen LogP contribution in [0.4, 0.5) is 11.4 Å². The lowest BCUT2D eigenvalue weighted by Gasteiger charge is -2.36. The van der Waals surface area contributed by atoms with Crippen LogP contribution in [0, 0.1) is 0 Å². The molecule has 1 aliphatic heterocycles. The first-order valence-corrected chi connectivity index (χ1v) is 8.54. The van der Waals surface area contributed by atoms with Gasteiger partial charge in [0.15, 0.2) is 0 Å². The Kier molecular flexibility index (Phi) is 4.87. The Bertz CT molecular complexity index is 629. The van der Waals surface area contributed by atoms with Crippen LogP contribution in [-0.2, 0) is 6.54 Å². The molecule has 3 nitrogen and oxygen atoms in total. The minimum atomic E-state index is 0.467. The van der Waals surface area contributed by atoms with Gasteiger partial charge in [0, 0.05) is 44.1 Å². The molecule has 0 saturated carbocycles. The van der Waals surface area contributed by atoms with E-state index in [1.54, 1.807) is 0 Å². The summed E-state index contributed by atoms with van der Waals surface area (Å²) in [5.74, 6) is 0.467. The standard InChI is InChI=1S/C20H27N3/c1-16(2)19-14-18(8-9-20(19)21)23-12-10-22(11-13-23)15-17-6-4-3-5-7-17/h3-9,14,16H,10-13,15,21H2,1-2H3. The first kappa shape index (κ1) is 15.9. The molecule has 2 aromatic rings. The maximum absolute atomic E-state index is 6.10. The molecular weight excluding hydrogens is 282 g/mol. The molecule has 0 aromatic heterocycles. The number of nitrogens with two attached hydrogens (primary N) is 1. The summed E-state index contributed by atoms with van der Waals surface area (Å²) in [5.41, 5.74) is 11.0. The maximum Gasteiger partial charge on any atom is 0.0371 e. The van der Waals surface area contributed by atoms with E-state index in [1.165, 1.54) is 16.8 Å². The molecule has 1 saturated heterocycles. The molecular formula is C20H27N3. The normalized spacial score (nSPS) is 16.0. The van der Waals surface area contributed by atoms with E-state index in [9.17, 15) is 0 Å². The Morgan fingerprint density at radius 1 is 0.957 bits per heavy atom. The monoisotopic (exact) mass is 309 g/mol. The van der Waals surface area contributed by atoms with Crippen LogP contribution in [0.2, 0.25) is 0 Å². The molecule has 1 heterocycles. The number of nitrogen functional groups attached to an aromatic ring is 1. The molecule has 0 bridgehead atoms. The van der Waals surface area contributed by atoms with Crippen molar-refractivity contribution in [3.63, 3.8) is 0 Å². The number of anilines is 2. The first-order valence-electron chi connectivity index (χ1n) is 8.54. The van der Waals surface area contributed by atoms with Crippen LogP contribution in [0.15, 0.2) is 48.5 Å². The Hall–Kier alpha value is -2.00. The summed E-state index contributed by atoms with van der Waals surface area (Å²) in [6.45, 7) is 9.82. The summed E-state index contributed by atoms with van der Waals surface area (Å²) < 4.78 is 0. The van der Waals surface area contributed by atoms with E-state index in [1.807, 2.05) is 0 Å². The highest BCUT2D eigenvalue weighted by Gasteiger charge is 2.18. The second-order valence-electron chi connectivity index (χ2n) is 6.72. The Morgan fingerprint density at radius 2 is 1.65 bits per heavy atom. The fraction of sp³-hybridized carbons (Fsp3) is 0.400. The predicted molar refractivity (Wildman–Crippen MR) is 98.9 cm³/mol. The van der Waals surface area contributed by atoms with Crippen LogP contribution >= 0.6 is 0 Å². The summed E-state index contributed by atoms with van der Waals surface area (Å²) >= 11 is 0. The highest BCUT2D eigenvalue weighted by molar-refractivity contribution is 5.59. The van der Waals surface area contributed by atoms with Gasteiger partial charge in [-0.2, -0.15) is 0 Å². The summed E-state index contributed by atoms with van der Waals surface area (Å²) in [6.07, 6.45) is 0. The van der Waals surface area contributed by atoms with Gasteiger partial charge in [-0.25, -0.2) is 0 Å². The minimum absolute atomic E-state index is 0.467. The largest absolute Gasteiger partial charge is 0.398 e. The van der Waals surface area contributed by atoms with Crippen molar-refractivity contribution in [3.05, 3.63) is 59.7 Å². The van der Waals surface area contributed by atoms with Gasteiger partial charge in [-0.1, -0.05) is 44.2 Å². The number of rotatable bonds is 4. The molecule has 122 valence electrons. The topological polar surface area (TPSA) is 32.5 Å². The molecule has 23 heavy (non-hydrogen) atoms. The summed E-state index contributed by atoms with van der Waals surface area (Å²) in [4.78, 5) is 5.01. The predicted octanol–water partition coefficient (Wildman–Crippen LogP) is 3.71. The summed E-state index contributed by atoms with van der Waals surface area (Å²) in [5, 5.41) is 0. The molecule has 0 atom stereocenters. The number of benzene rings is 2. The molecule has 2 aromatic carbocycles. The van der Waals surface area contributed by atoms with E-state index >= 15 is 0 Å². The molecule has 0 spiro atoms. The van der Waals surface area contributed by atoms with Crippen LogP contribution in [0.25, 0.3) is 0 Å². The van der Waals surface area contributed by atoms with Crippen LogP contribution < -0.4 is 10.6 Å². The Balaban J connectivity index is 1.62. The molecule has 1 aliphatic rings. The minimum Gasteiger partial charge on any atom is -0.398 e. The van der Waals surface area contributed by atoms with Crippen molar-refractivity contribution < 1.29 is 0 Å². The van der Waals surface area contributed by atoms with Gasteiger partial charge in [0.1, 0.15) is 0 Å². The van der Waals surface area contributed by atoms with Gasteiger partial charge in [-0.15, -0.1) is 0 Å². The highest BCUT2D eigenvalue weighted by atomic mass is 15.3. The van der Waals surface area contributed by atoms with Gasteiger partial charge in [0.25, 0.3) is 0 Å². The lowest BCUT2D eigenvalue weighted by Crippen LogP contribution is -2.46. The van der Waals surface area contributed by atoms with Gasteiger partial charge in [-0.05, 0) is 35.2 Å². The SMILES string of the molecule is CC(C)c1cc(N2CCN(Cc3ccccc3)CC2)ccc1N. The smallest absolute Gasteiger partial charge is 0.0371 e. The second-order valence-corrected chi connectivity index (χ2v) is 6.72. The quantitative estimate of drug-likeness (QED) is 0.874. The molecule has 0 radical (unpaired) electrons. The second kappa shape index (κ2) is 7.05. The third-order valence-corrected chi connectivity index (χ3v) is 4.68. The van der Waals surface area contributed by atoms with Crippen LogP contribution in [0.5, 0.6) is 0 Å². The van der Waals surface area contributed by atoms with Crippen LogP contribution in [0.1, 0.15) is 30.9 Å². The lowest BCUT2D eigenvalue weighted by molar-refractivity contribution is 0.250. The summed E-state index contributed by atoms with van der Waals surface area (Å²) in [6, 6.07) is 17.2. The lowest BCUT2D eigenvalue weighted by atomic mass is 10.00. The van der Waals surface area contributed by atoms with Crippen molar-refractivity contribution in [2.45, 2.75) is 26.3 Å². The van der Waals surface area contributed by atoms with Crippen molar-refractivity contribution in [2.24, 2.45) is 0 Å². The molecule has 0 unspecified atom stereocenters. The van der Waals surface area contributed by atoms with Crippen LogP contribution in [-0.4, -0.2) is 31.1 Å². The van der Waals surface area contributed by atoms with Crippen molar-refractivity contribution in [1.82, 2.24) is 4.90 Å². The van der Waals surface area contributed by atoms with Crippen molar-refractivity contribution >= 4 is 11.4 Å². The fourth-order valence-corrected chi connectivity index (χ4v) is 3.26. The van der Waals surface area contributed by atoms with Gasteiger partial charge >= 0.3 is 0 Å². The number of hydrogen-bond acceptors (Lipinski definition) is 3. The molecule has 0 amide bonds. The van der Waals surface area contributed by atoms with E-state index in [0.717, 1.165) is 38.4 Å². The van der Waals surface area contributed by atoms with Crippen molar-refractivity contribution in [3.8, 4) is 0 Å². The summed E-state index contributed by atoms with van der Waals surface area (Å²) in [7, 11) is 0. The average Bonchev–Trinajstić information content (AvgIpc) is 2.57. The van der Waals surface area contributed by atoms with E-state index in [2.05, 4.69) is 72.2 Å². The molecule has 3 rings (SSSR count). The van der Waals surface area contributed by atoms with Crippen LogP contribution in [0.3, 0.4) is 0 Å². The first-order chi connectivity index (χ1) is 11.1. The average molecular weight is 309 g/mol. The molecule has 3 heteroatoms. The molecule has 0 aliphatic carbocycles. The fourth-order valence-electron chi connectivity index (χ4n) is 3.26. The highest BCUT2D eigenvalue weighted by Crippen LogP contribution is 2.27. The molecule has 2 N–H and O–H groups in total. The third kappa shape index (κ3) is 3.85. The van der Waals surface area contributed by atoms with Crippen molar-refractivity contribution in [1.29, 1.82) is 0 Å². The maximum atomic E-state index is 6.10. The number of piperazine rings is 1. The zero-order valence-corrected chi connectivity index (χ0v) is 14.2. The zero-order valence-electron chi connectivity index (χ0n) is 14.2. The third-order valence-electron chi connectivity index (χ3n) is 4.68.